The molecule has 1 nitrogen and oxygen atoms in total. The monoisotopic (exact) mass is 695 g/mol. The number of anilines is 3. The van der Waals surface area contributed by atoms with Crippen molar-refractivity contribution >= 4 is 61.1 Å². The molecule has 8 aromatic rings. The molecule has 0 fully saturated rings. The molecule has 252 valence electrons. The Bertz CT molecular complexity index is 2810. The summed E-state index contributed by atoms with van der Waals surface area (Å²) in [5, 5.41) is 7.79. The summed E-state index contributed by atoms with van der Waals surface area (Å²) in [5.74, 6) is 0.806. The van der Waals surface area contributed by atoms with Crippen molar-refractivity contribution < 1.29 is 0 Å². The van der Waals surface area contributed by atoms with Crippen LogP contribution in [0.1, 0.15) is 30.9 Å². The normalized spacial score (nSPS) is 17.9. The molecule has 0 aromatic heterocycles. The average Bonchev–Trinajstić information content (AvgIpc) is 3.44. The van der Waals surface area contributed by atoms with Gasteiger partial charge < -0.3 is 4.90 Å². The van der Waals surface area contributed by atoms with Gasteiger partial charge in [0.2, 0.25) is 0 Å². The molecule has 0 spiro atoms. The first kappa shape index (κ1) is 30.8. The van der Waals surface area contributed by atoms with Gasteiger partial charge in [0.15, 0.2) is 0 Å². The average molecular weight is 696 g/mol. The summed E-state index contributed by atoms with van der Waals surface area (Å²) in [6.45, 7) is 4.91. The number of para-hydroxylation sites is 2. The lowest BCUT2D eigenvalue weighted by Gasteiger charge is -2.33. The van der Waals surface area contributed by atoms with Crippen LogP contribution in [-0.4, -0.2) is 0 Å². The van der Waals surface area contributed by atoms with E-state index in [2.05, 4.69) is 195 Å². The molecule has 2 unspecified atom stereocenters. The Morgan fingerprint density at radius 2 is 1.09 bits per heavy atom. The molecule has 2 aliphatic carbocycles. The summed E-state index contributed by atoms with van der Waals surface area (Å²) in [7, 11) is 0. The maximum absolute atomic E-state index is 2.58. The molecule has 1 aliphatic heterocycles. The zero-order chi connectivity index (χ0) is 35.3. The van der Waals surface area contributed by atoms with Crippen molar-refractivity contribution in [1.29, 1.82) is 0 Å². The molecule has 3 aliphatic rings. The van der Waals surface area contributed by atoms with Gasteiger partial charge in [-0.05, 0) is 119 Å². The second kappa shape index (κ2) is 11.6. The second-order valence-electron chi connectivity index (χ2n) is 15.2. The maximum Gasteiger partial charge on any atom is 0.0601 e. The van der Waals surface area contributed by atoms with Gasteiger partial charge in [-0.1, -0.05) is 159 Å². The summed E-state index contributed by atoms with van der Waals surface area (Å²) >= 11 is 1.86. The largest absolute Gasteiger partial charge is 0.308 e. The highest BCUT2D eigenvalue weighted by atomic mass is 32.2. The van der Waals surface area contributed by atoms with Gasteiger partial charge in [0.1, 0.15) is 0 Å². The van der Waals surface area contributed by atoms with Crippen LogP contribution in [-0.2, 0) is 5.41 Å². The molecule has 0 radical (unpaired) electrons. The summed E-state index contributed by atoms with van der Waals surface area (Å²) in [6, 6.07) is 56.7. The van der Waals surface area contributed by atoms with Crippen LogP contribution in [0.25, 0.3) is 54.6 Å². The Morgan fingerprint density at radius 3 is 1.83 bits per heavy atom. The molecule has 1 heterocycles. The van der Waals surface area contributed by atoms with Crippen molar-refractivity contribution in [3.05, 3.63) is 187 Å². The van der Waals surface area contributed by atoms with E-state index in [1.54, 1.807) is 0 Å². The predicted molar refractivity (Wildman–Crippen MR) is 226 cm³/mol. The van der Waals surface area contributed by atoms with Gasteiger partial charge in [-0.15, -0.1) is 0 Å². The van der Waals surface area contributed by atoms with Crippen molar-refractivity contribution in [2.24, 2.45) is 5.92 Å². The molecular weight excluding hydrogens is 659 g/mol. The third-order valence-electron chi connectivity index (χ3n) is 12.1. The third-order valence-corrected chi connectivity index (χ3v) is 13.2. The van der Waals surface area contributed by atoms with Crippen LogP contribution < -0.4 is 4.90 Å². The Kier molecular flexibility index (Phi) is 6.73. The quantitative estimate of drug-likeness (QED) is 0.169. The Morgan fingerprint density at radius 1 is 0.509 bits per heavy atom. The van der Waals surface area contributed by atoms with Gasteiger partial charge in [0.25, 0.3) is 0 Å². The second-order valence-corrected chi connectivity index (χ2v) is 16.3. The third kappa shape index (κ3) is 4.46. The first-order valence-corrected chi connectivity index (χ1v) is 19.5. The van der Waals surface area contributed by atoms with Crippen molar-refractivity contribution in [2.45, 2.75) is 35.0 Å². The van der Waals surface area contributed by atoms with E-state index >= 15 is 0 Å². The molecule has 0 saturated heterocycles. The fraction of sp³-hybridized carbons (Fsp3) is 0.0980. The van der Waals surface area contributed by atoms with Gasteiger partial charge in [-0.3, -0.25) is 0 Å². The number of allylic oxidation sites excluding steroid dienone is 4. The first-order valence-electron chi connectivity index (χ1n) is 18.7. The van der Waals surface area contributed by atoms with E-state index < -0.39 is 0 Å². The minimum atomic E-state index is -0.0142. The molecule has 0 amide bonds. The lowest BCUT2D eigenvalue weighted by molar-refractivity contribution is 0.394. The number of nitrogens with zero attached hydrogens (tertiary/aromatic N) is 1. The zero-order valence-corrected chi connectivity index (χ0v) is 30.6. The van der Waals surface area contributed by atoms with Gasteiger partial charge in [-0.25, -0.2) is 0 Å². The fourth-order valence-corrected chi connectivity index (χ4v) is 10.8. The highest BCUT2D eigenvalue weighted by Crippen LogP contribution is 2.58. The zero-order valence-electron chi connectivity index (χ0n) is 29.8. The maximum atomic E-state index is 2.58. The van der Waals surface area contributed by atoms with Crippen molar-refractivity contribution in [2.75, 3.05) is 4.90 Å². The molecule has 2 atom stereocenters. The van der Waals surface area contributed by atoms with E-state index in [0.717, 1.165) is 0 Å². The lowest BCUT2D eigenvalue weighted by atomic mass is 9.74. The van der Waals surface area contributed by atoms with Crippen LogP contribution in [0.2, 0.25) is 0 Å². The topological polar surface area (TPSA) is 3.24 Å². The van der Waals surface area contributed by atoms with E-state index in [4.69, 9.17) is 0 Å². The summed E-state index contributed by atoms with van der Waals surface area (Å²) < 4.78 is 0. The summed E-state index contributed by atoms with van der Waals surface area (Å²) in [4.78, 5) is 5.01. The van der Waals surface area contributed by atoms with Gasteiger partial charge in [0, 0.05) is 21.4 Å². The molecular formula is C51H37NS. The molecule has 53 heavy (non-hydrogen) atoms. The van der Waals surface area contributed by atoms with Crippen LogP contribution >= 0.6 is 11.8 Å². The van der Waals surface area contributed by atoms with E-state index in [1.807, 2.05) is 11.8 Å². The van der Waals surface area contributed by atoms with Crippen LogP contribution in [0, 0.1) is 5.92 Å². The van der Waals surface area contributed by atoms with Crippen molar-refractivity contribution in [3.63, 3.8) is 0 Å². The number of hydrogen-bond acceptors (Lipinski definition) is 2. The van der Waals surface area contributed by atoms with Crippen LogP contribution in [0.3, 0.4) is 0 Å². The van der Waals surface area contributed by atoms with E-state index in [-0.39, 0.29) is 5.41 Å². The SMILES string of the molecule is CC1(C)c2cc(-c3c4ccccc4c(-c4ccccc4)c4ccc(N5c6ccccc6Sc6ccccc65)cc34)c3ccccc3c2C2C=CC=CC21. The van der Waals surface area contributed by atoms with Crippen LogP contribution in [0.5, 0.6) is 0 Å². The van der Waals surface area contributed by atoms with Crippen LogP contribution in [0.4, 0.5) is 17.1 Å². The predicted octanol–water partition coefficient (Wildman–Crippen LogP) is 14.5. The van der Waals surface area contributed by atoms with Crippen molar-refractivity contribution in [3.8, 4) is 22.3 Å². The standard InChI is InChI=1S/C51H37NS/c1-51(2)42-23-11-10-22-39(42)50-35-19-7-6-18-34(35)41(31-43(50)51)49-37-21-9-8-20-36(37)48(32-16-4-3-5-17-32)38-29-28-33(30-40(38)49)52-44-24-12-14-26-46(44)53-47-27-15-13-25-45(47)52/h3-31,39,42H,1-2H3. The summed E-state index contributed by atoms with van der Waals surface area (Å²) in [5.41, 5.74) is 11.7. The molecule has 0 N–H and O–H groups in total. The minimum absolute atomic E-state index is 0.0142. The smallest absolute Gasteiger partial charge is 0.0601 e. The molecule has 0 saturated carbocycles. The number of fused-ring (bicyclic) bond motifs is 9. The highest BCUT2D eigenvalue weighted by Gasteiger charge is 2.45. The number of benzene rings is 8. The first-order chi connectivity index (χ1) is 26.1. The molecule has 0 bridgehead atoms. The van der Waals surface area contributed by atoms with Crippen molar-refractivity contribution in [1.82, 2.24) is 0 Å². The lowest BCUT2D eigenvalue weighted by Crippen LogP contribution is -2.24. The molecule has 11 rings (SSSR count). The molecule has 8 aromatic carbocycles. The van der Waals surface area contributed by atoms with E-state index in [9.17, 15) is 0 Å². The van der Waals surface area contributed by atoms with Gasteiger partial charge in [0.05, 0.1) is 11.4 Å². The minimum Gasteiger partial charge on any atom is -0.308 e. The number of hydrogen-bond donors (Lipinski definition) is 0. The van der Waals surface area contributed by atoms with Gasteiger partial charge in [-0.2, -0.15) is 0 Å². The highest BCUT2D eigenvalue weighted by molar-refractivity contribution is 7.99. The number of rotatable bonds is 3. The Labute approximate surface area is 314 Å². The van der Waals surface area contributed by atoms with E-state index in [1.165, 1.54) is 92.6 Å². The summed E-state index contributed by atoms with van der Waals surface area (Å²) in [6.07, 6.45) is 9.37. The Hall–Kier alpha value is -5.83. The van der Waals surface area contributed by atoms with Gasteiger partial charge >= 0.3 is 0 Å². The van der Waals surface area contributed by atoms with E-state index in [0.29, 0.717) is 11.8 Å². The molecule has 2 heteroatoms. The Balaban J connectivity index is 1.28. The van der Waals surface area contributed by atoms with Crippen LogP contribution in [0.15, 0.2) is 186 Å². The fourth-order valence-electron chi connectivity index (χ4n) is 9.74.